The van der Waals surface area contributed by atoms with Crippen LogP contribution in [0.2, 0.25) is 0 Å². The van der Waals surface area contributed by atoms with Crippen molar-refractivity contribution in [2.24, 2.45) is 11.8 Å². The molecule has 0 spiro atoms. The first-order valence-corrected chi connectivity index (χ1v) is 7.85. The first kappa shape index (κ1) is 13.8. The Morgan fingerprint density at radius 3 is 2.00 bits per heavy atom. The molecule has 0 unspecified atom stereocenters. The Kier molecular flexibility index (Phi) is 4.18. The molecule has 2 aliphatic rings. The van der Waals surface area contributed by atoms with Crippen LogP contribution in [0.1, 0.15) is 56.4 Å². The Balaban J connectivity index is 1.54. The Bertz CT molecular complexity index is 480. The van der Waals surface area contributed by atoms with Crippen molar-refractivity contribution in [3.05, 3.63) is 47.5 Å². The van der Waals surface area contributed by atoms with Gasteiger partial charge in [0.2, 0.25) is 0 Å². The van der Waals surface area contributed by atoms with Crippen molar-refractivity contribution < 1.29 is 8.78 Å². The summed E-state index contributed by atoms with van der Waals surface area (Å²) in [6.45, 7) is 0. The van der Waals surface area contributed by atoms with Crippen molar-refractivity contribution in [1.82, 2.24) is 0 Å². The van der Waals surface area contributed by atoms with Gasteiger partial charge in [-0.15, -0.1) is 0 Å². The number of benzene rings is 1. The first-order chi connectivity index (χ1) is 9.72. The van der Waals surface area contributed by atoms with Crippen molar-refractivity contribution in [3.63, 3.8) is 0 Å². The van der Waals surface area contributed by atoms with Crippen LogP contribution in [-0.4, -0.2) is 0 Å². The Hall–Kier alpha value is -1.18. The fourth-order valence-electron chi connectivity index (χ4n) is 3.36. The molecule has 0 amide bonds. The summed E-state index contributed by atoms with van der Waals surface area (Å²) < 4.78 is 26.2. The Morgan fingerprint density at radius 2 is 1.45 bits per heavy atom. The summed E-state index contributed by atoms with van der Waals surface area (Å²) in [7, 11) is 0. The van der Waals surface area contributed by atoms with Gasteiger partial charge < -0.3 is 0 Å². The maximum absolute atomic E-state index is 13.3. The van der Waals surface area contributed by atoms with Crippen molar-refractivity contribution in [1.29, 1.82) is 0 Å². The van der Waals surface area contributed by atoms with Crippen LogP contribution in [0, 0.1) is 23.5 Å². The molecule has 0 saturated heterocycles. The molecule has 2 aliphatic carbocycles. The summed E-state index contributed by atoms with van der Waals surface area (Å²) in [5.74, 6) is 0.467. The van der Waals surface area contributed by atoms with Crippen LogP contribution in [0.25, 0.3) is 0 Å². The molecule has 1 aromatic carbocycles. The van der Waals surface area contributed by atoms with Crippen LogP contribution in [0.15, 0.2) is 30.4 Å². The second-order valence-corrected chi connectivity index (χ2v) is 6.36. The van der Waals surface area contributed by atoms with Gasteiger partial charge in [0.25, 0.3) is 0 Å². The summed E-state index contributed by atoms with van der Waals surface area (Å²) in [6, 6.07) is 4.38. The molecule has 0 bridgehead atoms. The van der Waals surface area contributed by atoms with Crippen molar-refractivity contribution >= 4 is 0 Å². The van der Waals surface area contributed by atoms with Gasteiger partial charge in [-0.3, -0.25) is 0 Å². The van der Waals surface area contributed by atoms with E-state index in [-0.39, 0.29) is 0 Å². The first-order valence-electron chi connectivity index (χ1n) is 7.85. The van der Waals surface area contributed by atoms with Gasteiger partial charge in [0.05, 0.1) is 0 Å². The highest BCUT2D eigenvalue weighted by Gasteiger charge is 2.22. The fourth-order valence-corrected chi connectivity index (χ4v) is 3.36. The normalized spacial score (nSPS) is 27.7. The van der Waals surface area contributed by atoms with E-state index in [1.807, 2.05) is 0 Å². The number of hydrogen-bond acceptors (Lipinski definition) is 0. The lowest BCUT2D eigenvalue weighted by Crippen LogP contribution is -2.13. The summed E-state index contributed by atoms with van der Waals surface area (Å²) in [4.78, 5) is 0. The van der Waals surface area contributed by atoms with Crippen LogP contribution in [0.4, 0.5) is 8.78 Å². The molecule has 0 aromatic heterocycles. The van der Waals surface area contributed by atoms with Gasteiger partial charge >= 0.3 is 0 Å². The van der Waals surface area contributed by atoms with E-state index in [1.165, 1.54) is 44.2 Å². The van der Waals surface area contributed by atoms with Gasteiger partial charge in [0.1, 0.15) is 0 Å². The second-order valence-electron chi connectivity index (χ2n) is 6.36. The van der Waals surface area contributed by atoms with E-state index in [9.17, 15) is 8.78 Å². The third kappa shape index (κ3) is 3.11. The third-order valence-corrected chi connectivity index (χ3v) is 4.99. The molecule has 0 atom stereocenters. The molecule has 0 radical (unpaired) electrons. The van der Waals surface area contributed by atoms with Gasteiger partial charge in [-0.05, 0) is 74.0 Å². The molecule has 0 heterocycles. The zero-order chi connectivity index (χ0) is 13.9. The minimum absolute atomic E-state index is 0.401. The van der Waals surface area contributed by atoms with Crippen LogP contribution in [-0.2, 0) is 0 Å². The Labute approximate surface area is 119 Å². The van der Waals surface area contributed by atoms with E-state index in [2.05, 4.69) is 12.2 Å². The summed E-state index contributed by atoms with van der Waals surface area (Å²) in [5, 5.41) is 0. The lowest BCUT2D eigenvalue weighted by Gasteiger charge is -2.28. The molecule has 0 N–H and O–H groups in total. The van der Waals surface area contributed by atoms with E-state index in [0.29, 0.717) is 11.8 Å². The molecule has 2 saturated carbocycles. The van der Waals surface area contributed by atoms with Crippen LogP contribution in [0.3, 0.4) is 0 Å². The number of rotatable bonds is 3. The molecule has 0 nitrogen and oxygen atoms in total. The minimum Gasteiger partial charge on any atom is -0.204 e. The van der Waals surface area contributed by atoms with Gasteiger partial charge in [0, 0.05) is 0 Å². The predicted molar refractivity (Wildman–Crippen MR) is 77.5 cm³/mol. The average Bonchev–Trinajstić information content (AvgIpc) is 2.41. The van der Waals surface area contributed by atoms with Gasteiger partial charge in [-0.2, -0.15) is 0 Å². The summed E-state index contributed by atoms with van der Waals surface area (Å²) in [5.41, 5.74) is 0.963. The lowest BCUT2D eigenvalue weighted by atomic mass is 9.77. The molecule has 2 fully saturated rings. The van der Waals surface area contributed by atoms with Crippen molar-refractivity contribution in [3.8, 4) is 0 Å². The molecule has 0 aliphatic heterocycles. The largest absolute Gasteiger partial charge is 0.204 e. The molecule has 20 heavy (non-hydrogen) atoms. The quantitative estimate of drug-likeness (QED) is 0.631. The molecular weight excluding hydrogens is 254 g/mol. The standard InChI is InChI=1S/C18H22F2/c19-17-11-10-16(12-18(17)20)15-8-6-14(7-9-15)5-4-13-2-1-3-13/h4-5,10-15H,1-3,6-9H2/t14-,15-. The summed E-state index contributed by atoms with van der Waals surface area (Å²) >= 11 is 0. The highest BCUT2D eigenvalue weighted by Crippen LogP contribution is 2.37. The lowest BCUT2D eigenvalue weighted by molar-refractivity contribution is 0.361. The van der Waals surface area contributed by atoms with E-state index in [4.69, 9.17) is 0 Å². The number of halogens is 2. The summed E-state index contributed by atoms with van der Waals surface area (Å²) in [6.07, 6.45) is 13.5. The number of hydrogen-bond donors (Lipinski definition) is 0. The highest BCUT2D eigenvalue weighted by molar-refractivity contribution is 5.22. The maximum atomic E-state index is 13.3. The minimum atomic E-state index is -0.745. The molecule has 1 aromatic rings. The number of allylic oxidation sites excluding steroid dienone is 2. The van der Waals surface area contributed by atoms with E-state index < -0.39 is 11.6 Å². The SMILES string of the molecule is Fc1ccc([C@H]2CC[C@H](C=CC3CCC3)CC2)cc1F. The van der Waals surface area contributed by atoms with Gasteiger partial charge in [-0.1, -0.05) is 24.6 Å². The molecular formula is C18H22F2. The van der Waals surface area contributed by atoms with E-state index in [1.54, 1.807) is 6.07 Å². The monoisotopic (exact) mass is 276 g/mol. The zero-order valence-corrected chi connectivity index (χ0v) is 11.8. The molecule has 2 heteroatoms. The van der Waals surface area contributed by atoms with Gasteiger partial charge in [0.15, 0.2) is 11.6 Å². The predicted octanol–water partition coefficient (Wildman–Crippen LogP) is 5.59. The molecule has 108 valence electrons. The van der Waals surface area contributed by atoms with Crippen LogP contribution >= 0.6 is 0 Å². The second kappa shape index (κ2) is 6.07. The highest BCUT2D eigenvalue weighted by atomic mass is 19.2. The smallest absolute Gasteiger partial charge is 0.159 e. The van der Waals surface area contributed by atoms with E-state index in [0.717, 1.165) is 24.3 Å². The fraction of sp³-hybridized carbons (Fsp3) is 0.556. The van der Waals surface area contributed by atoms with Gasteiger partial charge in [-0.25, -0.2) is 8.78 Å². The van der Waals surface area contributed by atoms with Crippen molar-refractivity contribution in [2.75, 3.05) is 0 Å². The van der Waals surface area contributed by atoms with Crippen LogP contribution in [0.5, 0.6) is 0 Å². The van der Waals surface area contributed by atoms with Crippen molar-refractivity contribution in [2.45, 2.75) is 50.9 Å². The van der Waals surface area contributed by atoms with Crippen LogP contribution < -0.4 is 0 Å². The average molecular weight is 276 g/mol. The maximum Gasteiger partial charge on any atom is 0.159 e. The Morgan fingerprint density at radius 1 is 0.800 bits per heavy atom. The molecule has 3 rings (SSSR count). The third-order valence-electron chi connectivity index (χ3n) is 4.99. The van der Waals surface area contributed by atoms with E-state index >= 15 is 0 Å². The topological polar surface area (TPSA) is 0 Å². The zero-order valence-electron chi connectivity index (χ0n) is 11.8.